The van der Waals surface area contributed by atoms with Gasteiger partial charge in [0.25, 0.3) is 0 Å². The van der Waals surface area contributed by atoms with Crippen molar-refractivity contribution in [3.05, 3.63) is 114 Å². The molecule has 0 radical (unpaired) electrons. The molecule has 26 heavy (non-hydrogen) atoms. The molecule has 2 heteroatoms. The summed E-state index contributed by atoms with van der Waals surface area (Å²) in [6.45, 7) is 3.42. The molecular weight excluding hydrogens is 320 g/mol. The molecule has 2 nitrogen and oxygen atoms in total. The first-order chi connectivity index (χ1) is 12.8. The van der Waals surface area contributed by atoms with Gasteiger partial charge in [0.1, 0.15) is 5.75 Å². The zero-order valence-electron chi connectivity index (χ0n) is 14.5. The van der Waals surface area contributed by atoms with Crippen molar-refractivity contribution in [2.45, 2.75) is 18.3 Å². The van der Waals surface area contributed by atoms with Gasteiger partial charge in [-0.2, -0.15) is 0 Å². The van der Waals surface area contributed by atoms with E-state index in [-0.39, 0.29) is 0 Å². The number of hydrogen-bond acceptors (Lipinski definition) is 2. The monoisotopic (exact) mass is 340 g/mol. The third-order valence-electron chi connectivity index (χ3n) is 5.09. The van der Waals surface area contributed by atoms with E-state index < -0.39 is 5.97 Å². The smallest absolute Gasteiger partial charge is 0.335 e. The van der Waals surface area contributed by atoms with Crippen LogP contribution in [0.3, 0.4) is 0 Å². The minimum atomic E-state index is -0.437. The number of carbonyl (C=O) groups is 1. The van der Waals surface area contributed by atoms with E-state index in [1.165, 1.54) is 28.3 Å². The Hall–Kier alpha value is -3.13. The van der Waals surface area contributed by atoms with Crippen LogP contribution in [0, 0.1) is 0 Å². The number of fused-ring (bicyclic) bond motifs is 1. The average molecular weight is 340 g/mol. The molecule has 2 unspecified atom stereocenters. The molecule has 4 rings (SSSR count). The van der Waals surface area contributed by atoms with Crippen LogP contribution >= 0.6 is 0 Å². The number of benzene rings is 3. The maximum Gasteiger partial charge on any atom is 0.335 e. The Morgan fingerprint density at radius 2 is 1.35 bits per heavy atom. The van der Waals surface area contributed by atoms with Crippen LogP contribution in [0.25, 0.3) is 0 Å². The lowest BCUT2D eigenvalue weighted by atomic mass is 9.90. The molecule has 0 heterocycles. The SMILES string of the molecule is C=CC(=O)Oc1ccc(C2CC(c3ccccc3)c3ccccc32)cc1. The maximum atomic E-state index is 11.3. The van der Waals surface area contributed by atoms with Crippen molar-refractivity contribution in [3.8, 4) is 5.75 Å². The zero-order valence-corrected chi connectivity index (χ0v) is 14.5. The fourth-order valence-corrected chi connectivity index (χ4v) is 3.88. The van der Waals surface area contributed by atoms with Crippen LogP contribution in [0.1, 0.15) is 40.5 Å². The summed E-state index contributed by atoms with van der Waals surface area (Å²) in [5.74, 6) is 0.869. The predicted octanol–water partition coefficient (Wildman–Crippen LogP) is 5.45. The highest BCUT2D eigenvalue weighted by Gasteiger charge is 2.32. The summed E-state index contributed by atoms with van der Waals surface area (Å²) in [6, 6.07) is 27.2. The summed E-state index contributed by atoms with van der Waals surface area (Å²) in [5, 5.41) is 0. The lowest BCUT2D eigenvalue weighted by molar-refractivity contribution is -0.128. The molecule has 0 N–H and O–H groups in total. The number of carbonyl (C=O) groups excluding carboxylic acids is 1. The van der Waals surface area contributed by atoms with Gasteiger partial charge in [-0.25, -0.2) is 4.79 Å². The Labute approximate surface area is 153 Å². The van der Waals surface area contributed by atoms with Crippen LogP contribution in [-0.2, 0) is 4.79 Å². The highest BCUT2D eigenvalue weighted by molar-refractivity contribution is 5.83. The van der Waals surface area contributed by atoms with Gasteiger partial charge in [-0.1, -0.05) is 73.3 Å². The third kappa shape index (κ3) is 3.06. The average Bonchev–Trinajstić information content (AvgIpc) is 3.09. The van der Waals surface area contributed by atoms with Gasteiger partial charge >= 0.3 is 5.97 Å². The fraction of sp³-hybridized carbons (Fsp3) is 0.125. The van der Waals surface area contributed by atoms with Crippen molar-refractivity contribution >= 4 is 5.97 Å². The molecule has 3 aromatic carbocycles. The van der Waals surface area contributed by atoms with Crippen LogP contribution in [0.5, 0.6) is 5.75 Å². The quantitative estimate of drug-likeness (QED) is 0.359. The Kier molecular flexibility index (Phi) is 4.40. The number of hydrogen-bond donors (Lipinski definition) is 0. The van der Waals surface area contributed by atoms with E-state index in [9.17, 15) is 4.79 Å². The predicted molar refractivity (Wildman–Crippen MR) is 103 cm³/mol. The van der Waals surface area contributed by atoms with Crippen LogP contribution in [0.15, 0.2) is 91.5 Å². The Morgan fingerprint density at radius 3 is 1.92 bits per heavy atom. The van der Waals surface area contributed by atoms with Crippen molar-refractivity contribution in [1.29, 1.82) is 0 Å². The van der Waals surface area contributed by atoms with E-state index in [1.807, 2.05) is 12.1 Å². The molecule has 1 aliphatic rings. The van der Waals surface area contributed by atoms with Crippen molar-refractivity contribution in [2.24, 2.45) is 0 Å². The Morgan fingerprint density at radius 1 is 0.808 bits per heavy atom. The van der Waals surface area contributed by atoms with E-state index in [4.69, 9.17) is 4.74 Å². The highest BCUT2D eigenvalue weighted by Crippen LogP contribution is 2.48. The van der Waals surface area contributed by atoms with Crippen molar-refractivity contribution in [1.82, 2.24) is 0 Å². The fourth-order valence-electron chi connectivity index (χ4n) is 3.88. The summed E-state index contributed by atoms with van der Waals surface area (Å²) < 4.78 is 5.18. The van der Waals surface area contributed by atoms with E-state index in [1.54, 1.807) is 0 Å². The van der Waals surface area contributed by atoms with Gasteiger partial charge in [-0.15, -0.1) is 0 Å². The van der Waals surface area contributed by atoms with Crippen molar-refractivity contribution in [2.75, 3.05) is 0 Å². The lowest BCUT2D eigenvalue weighted by Crippen LogP contribution is -2.03. The summed E-state index contributed by atoms with van der Waals surface area (Å²) >= 11 is 0. The molecule has 128 valence electrons. The zero-order chi connectivity index (χ0) is 17.9. The Bertz CT molecular complexity index is 926. The Balaban J connectivity index is 1.65. The van der Waals surface area contributed by atoms with E-state index in [0.717, 1.165) is 6.42 Å². The summed E-state index contributed by atoms with van der Waals surface area (Å²) in [4.78, 5) is 11.3. The molecule has 1 aliphatic carbocycles. The van der Waals surface area contributed by atoms with E-state index in [2.05, 4.69) is 73.3 Å². The molecule has 3 aromatic rings. The van der Waals surface area contributed by atoms with Gasteiger partial charge in [0.2, 0.25) is 0 Å². The first-order valence-electron chi connectivity index (χ1n) is 8.84. The van der Waals surface area contributed by atoms with Crippen LogP contribution in [0.4, 0.5) is 0 Å². The van der Waals surface area contributed by atoms with Crippen LogP contribution < -0.4 is 4.74 Å². The van der Waals surface area contributed by atoms with Crippen LogP contribution in [-0.4, -0.2) is 5.97 Å². The summed E-state index contributed by atoms with van der Waals surface area (Å²) in [6.07, 6.45) is 2.22. The van der Waals surface area contributed by atoms with Crippen LogP contribution in [0.2, 0.25) is 0 Å². The molecule has 0 saturated carbocycles. The molecule has 0 aromatic heterocycles. The van der Waals surface area contributed by atoms with Crippen molar-refractivity contribution < 1.29 is 9.53 Å². The normalized spacial score (nSPS) is 18.2. The highest BCUT2D eigenvalue weighted by atomic mass is 16.5. The van der Waals surface area contributed by atoms with E-state index >= 15 is 0 Å². The molecule has 0 aliphatic heterocycles. The van der Waals surface area contributed by atoms with Gasteiger partial charge < -0.3 is 4.74 Å². The minimum absolute atomic E-state index is 0.348. The summed E-state index contributed by atoms with van der Waals surface area (Å²) in [7, 11) is 0. The number of ether oxygens (including phenoxy) is 1. The molecule has 0 fully saturated rings. The summed E-state index contributed by atoms with van der Waals surface area (Å²) in [5.41, 5.74) is 5.40. The third-order valence-corrected chi connectivity index (χ3v) is 5.09. The molecule has 0 saturated heterocycles. The minimum Gasteiger partial charge on any atom is -0.423 e. The second-order valence-corrected chi connectivity index (χ2v) is 6.57. The molecule has 0 amide bonds. The van der Waals surface area contributed by atoms with Gasteiger partial charge in [-0.05, 0) is 40.8 Å². The van der Waals surface area contributed by atoms with Gasteiger partial charge in [-0.3, -0.25) is 0 Å². The molecule has 0 spiro atoms. The second kappa shape index (κ2) is 7.01. The van der Waals surface area contributed by atoms with E-state index in [0.29, 0.717) is 17.6 Å². The standard InChI is InChI=1S/C24H20O2/c1-2-24(25)26-19-14-12-18(13-15-19)23-16-22(17-8-4-3-5-9-17)20-10-6-7-11-21(20)23/h2-15,22-23H,1,16H2. The number of rotatable bonds is 4. The molecule has 2 atom stereocenters. The second-order valence-electron chi connectivity index (χ2n) is 6.57. The molecular formula is C24H20O2. The largest absolute Gasteiger partial charge is 0.423 e. The van der Waals surface area contributed by atoms with Gasteiger partial charge in [0, 0.05) is 17.9 Å². The first kappa shape index (κ1) is 16.3. The van der Waals surface area contributed by atoms with Gasteiger partial charge in [0.15, 0.2) is 0 Å². The lowest BCUT2D eigenvalue weighted by Gasteiger charge is -2.14. The topological polar surface area (TPSA) is 26.3 Å². The first-order valence-corrected chi connectivity index (χ1v) is 8.84. The van der Waals surface area contributed by atoms with Crippen molar-refractivity contribution in [3.63, 3.8) is 0 Å². The number of esters is 1. The maximum absolute atomic E-state index is 11.3. The molecule has 0 bridgehead atoms. The van der Waals surface area contributed by atoms with Gasteiger partial charge in [0.05, 0.1) is 0 Å².